The first-order valence-electron chi connectivity index (χ1n) is 6.68. The summed E-state index contributed by atoms with van der Waals surface area (Å²) in [6.07, 6.45) is 5.24. The van der Waals surface area contributed by atoms with Gasteiger partial charge < -0.3 is 5.32 Å². The maximum Gasteiger partial charge on any atom is 0.0561 e. The molecule has 3 atom stereocenters. The Bertz CT molecular complexity index is 350. The minimum atomic E-state index is 0.479. The lowest BCUT2D eigenvalue weighted by molar-refractivity contribution is 0.364. The van der Waals surface area contributed by atoms with Crippen molar-refractivity contribution in [3.05, 3.63) is 21.3 Å². The molecule has 0 radical (unpaired) electrons. The van der Waals surface area contributed by atoms with E-state index in [0.717, 1.165) is 23.4 Å². The van der Waals surface area contributed by atoms with E-state index in [1.165, 1.54) is 30.6 Å². The smallest absolute Gasteiger partial charge is 0.0561 e. The van der Waals surface area contributed by atoms with Crippen molar-refractivity contribution in [2.24, 2.45) is 11.8 Å². The van der Waals surface area contributed by atoms with E-state index in [4.69, 9.17) is 11.6 Å². The van der Waals surface area contributed by atoms with Crippen LogP contribution in [0.4, 0.5) is 0 Å². The molecule has 1 aromatic heterocycles. The zero-order valence-corrected chi connectivity index (χ0v) is 12.3. The molecule has 3 unspecified atom stereocenters. The van der Waals surface area contributed by atoms with E-state index >= 15 is 0 Å². The molecule has 1 heterocycles. The molecule has 1 nitrogen and oxygen atoms in total. The van der Waals surface area contributed by atoms with Crippen LogP contribution >= 0.6 is 22.9 Å². The maximum absolute atomic E-state index is 6.30. The van der Waals surface area contributed by atoms with Gasteiger partial charge in [-0.15, -0.1) is 11.3 Å². The van der Waals surface area contributed by atoms with Crippen LogP contribution in [0.2, 0.25) is 5.02 Å². The van der Waals surface area contributed by atoms with Crippen LogP contribution in [0, 0.1) is 11.8 Å². The summed E-state index contributed by atoms with van der Waals surface area (Å²) in [6.45, 7) is 5.67. The van der Waals surface area contributed by atoms with E-state index in [-0.39, 0.29) is 0 Å². The Kier molecular flexibility index (Phi) is 4.89. The van der Waals surface area contributed by atoms with Gasteiger partial charge in [-0.25, -0.2) is 0 Å². The monoisotopic (exact) mass is 271 g/mol. The normalized spacial score (nSPS) is 26.3. The number of nitrogens with one attached hydrogen (secondary N) is 1. The van der Waals surface area contributed by atoms with Crippen molar-refractivity contribution in [2.75, 3.05) is 6.54 Å². The van der Waals surface area contributed by atoms with Gasteiger partial charge in [0, 0.05) is 10.9 Å². The molecular formula is C14H22ClNS. The van der Waals surface area contributed by atoms with Crippen LogP contribution in [0.15, 0.2) is 11.4 Å². The Morgan fingerprint density at radius 3 is 2.88 bits per heavy atom. The number of thiophene rings is 1. The lowest BCUT2D eigenvalue weighted by Crippen LogP contribution is -2.27. The predicted octanol–water partition coefficient (Wildman–Crippen LogP) is 4.88. The Labute approximate surface area is 114 Å². The summed E-state index contributed by atoms with van der Waals surface area (Å²) in [6, 6.07) is 2.51. The molecule has 0 aromatic carbocycles. The molecule has 0 aliphatic heterocycles. The van der Waals surface area contributed by atoms with Crippen LogP contribution in [0.3, 0.4) is 0 Å². The summed E-state index contributed by atoms with van der Waals surface area (Å²) in [4.78, 5) is 1.35. The topological polar surface area (TPSA) is 12.0 Å². The van der Waals surface area contributed by atoms with Crippen molar-refractivity contribution in [3.63, 3.8) is 0 Å². The first-order chi connectivity index (χ1) is 8.22. The minimum Gasteiger partial charge on any atom is -0.309 e. The third kappa shape index (κ3) is 3.24. The van der Waals surface area contributed by atoms with Gasteiger partial charge in [0.25, 0.3) is 0 Å². The summed E-state index contributed by atoms with van der Waals surface area (Å²) < 4.78 is 0. The average molecular weight is 272 g/mol. The van der Waals surface area contributed by atoms with Crippen LogP contribution in [-0.2, 0) is 0 Å². The van der Waals surface area contributed by atoms with Gasteiger partial charge >= 0.3 is 0 Å². The molecule has 1 aliphatic rings. The van der Waals surface area contributed by atoms with Crippen molar-refractivity contribution < 1.29 is 0 Å². The molecule has 2 rings (SSSR count). The summed E-state index contributed by atoms with van der Waals surface area (Å²) in [5, 5.41) is 6.76. The van der Waals surface area contributed by atoms with Crippen molar-refractivity contribution >= 4 is 22.9 Å². The molecule has 96 valence electrons. The SMILES string of the molecule is CCCNC(c1sccc1Cl)C1CCC(C)C1. The van der Waals surface area contributed by atoms with Gasteiger partial charge in [-0.3, -0.25) is 0 Å². The van der Waals surface area contributed by atoms with Crippen LogP contribution in [0.1, 0.15) is 50.4 Å². The molecule has 1 fully saturated rings. The van der Waals surface area contributed by atoms with Gasteiger partial charge in [0.2, 0.25) is 0 Å². The highest BCUT2D eigenvalue weighted by Crippen LogP contribution is 2.42. The fourth-order valence-corrected chi connectivity index (χ4v) is 4.20. The summed E-state index contributed by atoms with van der Waals surface area (Å²) in [5.41, 5.74) is 0. The van der Waals surface area contributed by atoms with Crippen molar-refractivity contribution in [3.8, 4) is 0 Å². The third-order valence-corrected chi connectivity index (χ3v) is 5.19. The second kappa shape index (κ2) is 6.21. The van der Waals surface area contributed by atoms with Crippen LogP contribution < -0.4 is 5.32 Å². The Morgan fingerprint density at radius 2 is 2.35 bits per heavy atom. The Balaban J connectivity index is 2.10. The lowest BCUT2D eigenvalue weighted by Gasteiger charge is -2.24. The van der Waals surface area contributed by atoms with Gasteiger partial charge in [0.05, 0.1) is 5.02 Å². The van der Waals surface area contributed by atoms with E-state index in [2.05, 4.69) is 24.5 Å². The number of halogens is 1. The van der Waals surface area contributed by atoms with E-state index in [1.807, 2.05) is 6.07 Å². The maximum atomic E-state index is 6.30. The highest BCUT2D eigenvalue weighted by Gasteiger charge is 2.31. The zero-order valence-electron chi connectivity index (χ0n) is 10.7. The van der Waals surface area contributed by atoms with Gasteiger partial charge in [0.1, 0.15) is 0 Å². The molecule has 1 aliphatic carbocycles. The van der Waals surface area contributed by atoms with Gasteiger partial charge in [0.15, 0.2) is 0 Å². The molecule has 3 heteroatoms. The summed E-state index contributed by atoms with van der Waals surface area (Å²) >= 11 is 8.10. The van der Waals surface area contributed by atoms with Crippen LogP contribution in [0.5, 0.6) is 0 Å². The third-order valence-electron chi connectivity index (χ3n) is 3.75. The molecule has 0 amide bonds. The summed E-state index contributed by atoms with van der Waals surface area (Å²) in [7, 11) is 0. The highest BCUT2D eigenvalue weighted by molar-refractivity contribution is 7.10. The molecule has 17 heavy (non-hydrogen) atoms. The molecular weight excluding hydrogens is 250 g/mol. The van der Waals surface area contributed by atoms with Gasteiger partial charge in [-0.2, -0.15) is 0 Å². The quantitative estimate of drug-likeness (QED) is 0.805. The minimum absolute atomic E-state index is 0.479. The Hall–Kier alpha value is -0.0500. The Morgan fingerprint density at radius 1 is 1.53 bits per heavy atom. The van der Waals surface area contributed by atoms with E-state index in [1.54, 1.807) is 11.3 Å². The van der Waals surface area contributed by atoms with Crippen LogP contribution in [0.25, 0.3) is 0 Å². The fourth-order valence-electron chi connectivity index (χ4n) is 2.85. The van der Waals surface area contributed by atoms with Gasteiger partial charge in [-0.05, 0) is 49.1 Å². The first kappa shape index (κ1) is 13.4. The van der Waals surface area contributed by atoms with E-state index in [0.29, 0.717) is 6.04 Å². The molecule has 0 saturated heterocycles. The van der Waals surface area contributed by atoms with Gasteiger partial charge in [-0.1, -0.05) is 31.9 Å². The molecule has 1 N–H and O–H groups in total. The largest absolute Gasteiger partial charge is 0.309 e. The number of hydrogen-bond acceptors (Lipinski definition) is 2. The first-order valence-corrected chi connectivity index (χ1v) is 7.94. The van der Waals surface area contributed by atoms with Crippen molar-refractivity contribution in [1.82, 2.24) is 5.32 Å². The average Bonchev–Trinajstić information content (AvgIpc) is 2.90. The second-order valence-electron chi connectivity index (χ2n) is 5.24. The summed E-state index contributed by atoms with van der Waals surface area (Å²) in [5.74, 6) is 1.65. The van der Waals surface area contributed by atoms with Crippen LogP contribution in [-0.4, -0.2) is 6.54 Å². The fraction of sp³-hybridized carbons (Fsp3) is 0.714. The lowest BCUT2D eigenvalue weighted by atomic mass is 9.95. The molecule has 1 aromatic rings. The highest BCUT2D eigenvalue weighted by atomic mass is 35.5. The molecule has 1 saturated carbocycles. The number of hydrogen-bond donors (Lipinski definition) is 1. The van der Waals surface area contributed by atoms with E-state index < -0.39 is 0 Å². The second-order valence-corrected chi connectivity index (χ2v) is 6.60. The molecule has 0 bridgehead atoms. The molecule has 0 spiro atoms. The standard InChI is InChI=1S/C14H22ClNS/c1-3-7-16-13(11-5-4-10(2)9-11)14-12(15)6-8-17-14/h6,8,10-11,13,16H,3-5,7,9H2,1-2H3. The number of rotatable bonds is 5. The van der Waals surface area contributed by atoms with Crippen molar-refractivity contribution in [2.45, 2.75) is 45.6 Å². The predicted molar refractivity (Wildman–Crippen MR) is 76.9 cm³/mol. The van der Waals surface area contributed by atoms with Crippen molar-refractivity contribution in [1.29, 1.82) is 0 Å². The zero-order chi connectivity index (χ0) is 12.3. The van der Waals surface area contributed by atoms with E-state index in [9.17, 15) is 0 Å².